The van der Waals surface area contributed by atoms with E-state index >= 15 is 0 Å². The topological polar surface area (TPSA) is 90.5 Å². The lowest BCUT2D eigenvalue weighted by atomic mass is 10.1. The summed E-state index contributed by atoms with van der Waals surface area (Å²) >= 11 is 6.10. The first-order chi connectivity index (χ1) is 13.5. The van der Waals surface area contributed by atoms with E-state index in [1.165, 1.54) is 18.2 Å². The van der Waals surface area contributed by atoms with Gasteiger partial charge in [-0.05, 0) is 30.2 Å². The summed E-state index contributed by atoms with van der Waals surface area (Å²) in [7, 11) is 0. The molecule has 3 rings (SSSR count). The molecule has 1 heterocycles. The maximum Gasteiger partial charge on any atom is 0.270 e. The number of benzene rings is 2. The van der Waals surface area contributed by atoms with E-state index in [9.17, 15) is 14.9 Å². The van der Waals surface area contributed by atoms with E-state index in [1.807, 2.05) is 12.1 Å². The van der Waals surface area contributed by atoms with Gasteiger partial charge >= 0.3 is 0 Å². The second-order valence-electron chi connectivity index (χ2n) is 6.65. The highest BCUT2D eigenvalue weighted by Gasteiger charge is 2.23. The first kappa shape index (κ1) is 19.8. The summed E-state index contributed by atoms with van der Waals surface area (Å²) in [6.45, 7) is 3.50. The van der Waals surface area contributed by atoms with Crippen molar-refractivity contribution < 1.29 is 9.72 Å². The number of halogens is 1. The number of nitrogens with zero attached hydrogens (tertiary/aromatic N) is 4. The number of carbonyl (C=O) groups excluding carboxylic acids is 1. The summed E-state index contributed by atoms with van der Waals surface area (Å²) in [6, 6.07) is 13.5. The Kier molecular flexibility index (Phi) is 6.24. The Bertz CT molecular complexity index is 924. The van der Waals surface area contributed by atoms with Crippen LogP contribution < -0.4 is 0 Å². The number of non-ortho nitro benzene ring substituents is 1. The zero-order valence-electron chi connectivity index (χ0n) is 15.2. The van der Waals surface area contributed by atoms with Crippen LogP contribution in [-0.4, -0.2) is 46.8 Å². The number of hydrogen-bond donors (Lipinski definition) is 0. The molecule has 0 aromatic heterocycles. The van der Waals surface area contributed by atoms with E-state index < -0.39 is 4.92 Å². The van der Waals surface area contributed by atoms with Crippen LogP contribution in [0.5, 0.6) is 0 Å². The molecule has 0 bridgehead atoms. The van der Waals surface area contributed by atoms with E-state index in [2.05, 4.69) is 11.0 Å². The van der Waals surface area contributed by atoms with Crippen LogP contribution in [0.3, 0.4) is 0 Å². The van der Waals surface area contributed by atoms with Crippen LogP contribution in [-0.2, 0) is 6.54 Å². The molecule has 0 aliphatic carbocycles. The smallest absolute Gasteiger partial charge is 0.270 e. The number of nitriles is 1. The number of rotatable bonds is 4. The Morgan fingerprint density at radius 1 is 1.14 bits per heavy atom. The molecule has 7 nitrogen and oxygen atoms in total. The van der Waals surface area contributed by atoms with Crippen molar-refractivity contribution in [3.8, 4) is 6.07 Å². The van der Waals surface area contributed by atoms with Gasteiger partial charge in [-0.25, -0.2) is 0 Å². The Morgan fingerprint density at radius 2 is 1.89 bits per heavy atom. The Labute approximate surface area is 167 Å². The van der Waals surface area contributed by atoms with Crippen molar-refractivity contribution in [2.24, 2.45) is 0 Å². The van der Waals surface area contributed by atoms with Gasteiger partial charge in [0.25, 0.3) is 11.6 Å². The molecule has 8 heteroatoms. The molecule has 1 amide bonds. The third-order valence-electron chi connectivity index (χ3n) is 4.76. The minimum absolute atomic E-state index is 0.0953. The molecule has 0 radical (unpaired) electrons. The lowest BCUT2D eigenvalue weighted by Crippen LogP contribution is -2.35. The molecule has 2 aromatic carbocycles. The number of nitro groups is 1. The van der Waals surface area contributed by atoms with Gasteiger partial charge in [-0.15, -0.1) is 0 Å². The monoisotopic (exact) mass is 398 g/mol. The zero-order valence-corrected chi connectivity index (χ0v) is 15.9. The first-order valence-corrected chi connectivity index (χ1v) is 9.30. The number of nitro benzene ring substituents is 1. The lowest BCUT2D eigenvalue weighted by Gasteiger charge is -2.22. The largest absolute Gasteiger partial charge is 0.337 e. The minimum Gasteiger partial charge on any atom is -0.337 e. The lowest BCUT2D eigenvalue weighted by molar-refractivity contribution is -0.384. The molecule has 0 unspecified atom stereocenters. The van der Waals surface area contributed by atoms with Crippen LogP contribution in [0.4, 0.5) is 5.69 Å². The molecular formula is C20H19ClN4O3. The fourth-order valence-corrected chi connectivity index (χ4v) is 3.49. The standard InChI is InChI=1S/C20H19ClN4O3/c21-19-12-17(25(27)28)6-7-18(19)20(26)24-9-1-8-23(10-11-24)14-16-4-2-15(13-22)3-5-16/h2-7,12H,1,8-11,14H2. The second kappa shape index (κ2) is 8.83. The van der Waals surface area contributed by atoms with Gasteiger partial charge in [0.15, 0.2) is 0 Å². The molecule has 2 aromatic rings. The average molecular weight is 399 g/mol. The van der Waals surface area contributed by atoms with Crippen LogP contribution >= 0.6 is 11.6 Å². The molecule has 144 valence electrons. The van der Waals surface area contributed by atoms with E-state index in [0.29, 0.717) is 18.7 Å². The van der Waals surface area contributed by atoms with Crippen LogP contribution in [0, 0.1) is 21.4 Å². The van der Waals surface area contributed by atoms with Crippen molar-refractivity contribution in [3.05, 3.63) is 74.3 Å². The Hall–Kier alpha value is -2.95. The van der Waals surface area contributed by atoms with Crippen LogP contribution in [0.15, 0.2) is 42.5 Å². The number of carbonyl (C=O) groups is 1. The summed E-state index contributed by atoms with van der Waals surface area (Å²) in [6.07, 6.45) is 0.826. The average Bonchev–Trinajstić information content (AvgIpc) is 2.93. The van der Waals surface area contributed by atoms with Crippen molar-refractivity contribution in [1.82, 2.24) is 9.80 Å². The summed E-state index contributed by atoms with van der Waals surface area (Å²) in [5.41, 5.74) is 1.91. The van der Waals surface area contributed by atoms with Gasteiger partial charge in [0.2, 0.25) is 0 Å². The maximum atomic E-state index is 12.8. The van der Waals surface area contributed by atoms with E-state index in [4.69, 9.17) is 16.9 Å². The number of amides is 1. The van der Waals surface area contributed by atoms with E-state index in [1.54, 1.807) is 17.0 Å². The summed E-state index contributed by atoms with van der Waals surface area (Å²) in [5.74, 6) is -0.208. The Morgan fingerprint density at radius 3 is 2.54 bits per heavy atom. The van der Waals surface area contributed by atoms with Gasteiger partial charge < -0.3 is 4.90 Å². The predicted octanol–water partition coefficient (Wildman–Crippen LogP) is 3.47. The van der Waals surface area contributed by atoms with Gasteiger partial charge in [-0.1, -0.05) is 23.7 Å². The maximum absolute atomic E-state index is 12.8. The fraction of sp³-hybridized carbons (Fsp3) is 0.300. The van der Waals surface area contributed by atoms with Crippen molar-refractivity contribution in [2.45, 2.75) is 13.0 Å². The number of hydrogen-bond acceptors (Lipinski definition) is 5. The highest BCUT2D eigenvalue weighted by molar-refractivity contribution is 6.34. The third kappa shape index (κ3) is 4.66. The second-order valence-corrected chi connectivity index (χ2v) is 7.06. The Balaban J connectivity index is 1.63. The minimum atomic E-state index is -0.535. The van der Waals surface area contributed by atoms with Crippen molar-refractivity contribution in [2.75, 3.05) is 26.2 Å². The molecule has 0 atom stereocenters. The summed E-state index contributed by atoms with van der Waals surface area (Å²) < 4.78 is 0. The summed E-state index contributed by atoms with van der Waals surface area (Å²) in [4.78, 5) is 27.1. The normalized spacial score (nSPS) is 14.9. The molecule has 0 saturated carbocycles. The van der Waals surface area contributed by atoms with Crippen molar-refractivity contribution >= 4 is 23.2 Å². The SMILES string of the molecule is N#Cc1ccc(CN2CCCN(C(=O)c3ccc([N+](=O)[O-])cc3Cl)CC2)cc1. The molecule has 1 saturated heterocycles. The van der Waals surface area contributed by atoms with Crippen LogP contribution in [0.1, 0.15) is 27.9 Å². The molecule has 1 aliphatic rings. The van der Waals surface area contributed by atoms with Gasteiger partial charge in [-0.2, -0.15) is 5.26 Å². The fourth-order valence-electron chi connectivity index (χ4n) is 3.24. The third-order valence-corrected chi connectivity index (χ3v) is 5.07. The zero-order chi connectivity index (χ0) is 20.1. The van der Waals surface area contributed by atoms with Crippen LogP contribution in [0.2, 0.25) is 5.02 Å². The van der Waals surface area contributed by atoms with Crippen molar-refractivity contribution in [3.63, 3.8) is 0 Å². The van der Waals surface area contributed by atoms with Gasteiger partial charge in [0, 0.05) is 44.9 Å². The molecule has 0 N–H and O–H groups in total. The molecule has 1 aliphatic heterocycles. The molecular weight excluding hydrogens is 380 g/mol. The van der Waals surface area contributed by atoms with Gasteiger partial charge in [-0.3, -0.25) is 19.8 Å². The molecule has 28 heavy (non-hydrogen) atoms. The molecule has 0 spiro atoms. The molecule has 1 fully saturated rings. The highest BCUT2D eigenvalue weighted by atomic mass is 35.5. The van der Waals surface area contributed by atoms with E-state index in [-0.39, 0.29) is 22.2 Å². The van der Waals surface area contributed by atoms with Crippen LogP contribution in [0.25, 0.3) is 0 Å². The quantitative estimate of drug-likeness (QED) is 0.581. The highest BCUT2D eigenvalue weighted by Crippen LogP contribution is 2.24. The van der Waals surface area contributed by atoms with E-state index in [0.717, 1.165) is 31.6 Å². The summed E-state index contributed by atoms with van der Waals surface area (Å²) in [5, 5.41) is 19.8. The van der Waals surface area contributed by atoms with Gasteiger partial charge in [0.1, 0.15) is 0 Å². The van der Waals surface area contributed by atoms with Crippen molar-refractivity contribution in [1.29, 1.82) is 5.26 Å². The predicted molar refractivity (Wildman–Crippen MR) is 105 cm³/mol. The van der Waals surface area contributed by atoms with Gasteiger partial charge in [0.05, 0.1) is 27.1 Å². The first-order valence-electron chi connectivity index (χ1n) is 8.92.